The molecule has 0 bridgehead atoms. The highest BCUT2D eigenvalue weighted by Crippen LogP contribution is 2.28. The molecule has 1 unspecified atom stereocenters. The monoisotopic (exact) mass is 233 g/mol. The lowest BCUT2D eigenvalue weighted by molar-refractivity contribution is -0.143. The van der Waals surface area contributed by atoms with E-state index in [1.165, 1.54) is 25.5 Å². The molecule has 2 rings (SSSR count). The Balaban J connectivity index is 2.07. The highest BCUT2D eigenvalue weighted by Gasteiger charge is 2.26. The molecule has 0 amide bonds. The molecule has 0 aliphatic heterocycles. The summed E-state index contributed by atoms with van der Waals surface area (Å²) in [5, 5.41) is 3.29. The van der Waals surface area contributed by atoms with E-state index in [0.29, 0.717) is 0 Å². The molecule has 0 radical (unpaired) electrons. The predicted molar refractivity (Wildman–Crippen MR) is 66.7 cm³/mol. The molecule has 0 aromatic heterocycles. The van der Waals surface area contributed by atoms with Crippen molar-refractivity contribution in [1.82, 2.24) is 5.32 Å². The van der Waals surface area contributed by atoms with Crippen molar-refractivity contribution in [2.75, 3.05) is 13.7 Å². The summed E-state index contributed by atoms with van der Waals surface area (Å²) in [5.74, 6) is 0.530. The van der Waals surface area contributed by atoms with E-state index in [1.54, 1.807) is 0 Å². The van der Waals surface area contributed by atoms with Crippen LogP contribution < -0.4 is 5.32 Å². The van der Waals surface area contributed by atoms with Crippen molar-refractivity contribution in [3.05, 3.63) is 35.4 Å². The van der Waals surface area contributed by atoms with Crippen molar-refractivity contribution in [3.63, 3.8) is 0 Å². The Morgan fingerprint density at radius 3 is 2.59 bits per heavy atom. The Labute approximate surface area is 102 Å². The van der Waals surface area contributed by atoms with Crippen molar-refractivity contribution in [1.29, 1.82) is 0 Å². The molecular weight excluding hydrogens is 214 g/mol. The number of rotatable bonds is 5. The van der Waals surface area contributed by atoms with Crippen LogP contribution in [0.25, 0.3) is 0 Å². The number of carbonyl (C=O) groups is 1. The minimum absolute atomic E-state index is 0.213. The number of benzene rings is 1. The maximum Gasteiger partial charge on any atom is 0.327 e. The van der Waals surface area contributed by atoms with Crippen LogP contribution in [0.15, 0.2) is 24.3 Å². The lowest BCUT2D eigenvalue weighted by Gasteiger charge is -2.16. The van der Waals surface area contributed by atoms with Gasteiger partial charge in [0, 0.05) is 0 Å². The minimum atomic E-state index is -0.332. The SMILES string of the molecule is COC(=O)C(NCC1CC1)c1ccc(C)cc1. The number of ether oxygens (including phenoxy) is 1. The van der Waals surface area contributed by atoms with Crippen LogP contribution in [0, 0.1) is 12.8 Å². The maximum absolute atomic E-state index is 11.7. The van der Waals surface area contributed by atoms with Crippen LogP contribution in [0.5, 0.6) is 0 Å². The molecule has 1 saturated carbocycles. The van der Waals surface area contributed by atoms with Crippen LogP contribution >= 0.6 is 0 Å². The van der Waals surface area contributed by atoms with Crippen LogP contribution in [-0.2, 0) is 9.53 Å². The van der Waals surface area contributed by atoms with Gasteiger partial charge in [0.25, 0.3) is 0 Å². The third kappa shape index (κ3) is 3.30. The summed E-state index contributed by atoms with van der Waals surface area (Å²) >= 11 is 0. The quantitative estimate of drug-likeness (QED) is 0.792. The third-order valence-corrected chi connectivity index (χ3v) is 3.16. The topological polar surface area (TPSA) is 38.3 Å². The van der Waals surface area contributed by atoms with E-state index in [-0.39, 0.29) is 12.0 Å². The molecule has 1 atom stereocenters. The first-order valence-corrected chi connectivity index (χ1v) is 6.08. The van der Waals surface area contributed by atoms with Crippen LogP contribution in [0.1, 0.15) is 30.0 Å². The van der Waals surface area contributed by atoms with Crippen LogP contribution in [0.3, 0.4) is 0 Å². The summed E-state index contributed by atoms with van der Waals surface area (Å²) in [6, 6.07) is 7.67. The second-order valence-electron chi connectivity index (χ2n) is 4.72. The zero-order valence-corrected chi connectivity index (χ0v) is 10.4. The van der Waals surface area contributed by atoms with E-state index in [0.717, 1.165) is 18.0 Å². The molecule has 0 spiro atoms. The average molecular weight is 233 g/mol. The van der Waals surface area contributed by atoms with Gasteiger partial charge in [0.2, 0.25) is 0 Å². The molecule has 1 aromatic rings. The highest BCUT2D eigenvalue weighted by molar-refractivity contribution is 5.77. The van der Waals surface area contributed by atoms with Gasteiger partial charge in [0.05, 0.1) is 7.11 Å². The Morgan fingerprint density at radius 2 is 2.06 bits per heavy atom. The number of aryl methyl sites for hydroxylation is 1. The first kappa shape index (κ1) is 12.1. The Kier molecular flexibility index (Phi) is 3.79. The number of carbonyl (C=O) groups excluding carboxylic acids is 1. The smallest absolute Gasteiger partial charge is 0.327 e. The number of methoxy groups -OCH3 is 1. The standard InChI is InChI=1S/C14H19NO2/c1-10-3-7-12(8-4-10)13(14(16)17-2)15-9-11-5-6-11/h3-4,7-8,11,13,15H,5-6,9H2,1-2H3. The molecule has 0 heterocycles. The van der Waals surface area contributed by atoms with Crippen molar-refractivity contribution in [2.45, 2.75) is 25.8 Å². The van der Waals surface area contributed by atoms with Crippen molar-refractivity contribution in [2.24, 2.45) is 5.92 Å². The van der Waals surface area contributed by atoms with Gasteiger partial charge in [-0.1, -0.05) is 29.8 Å². The van der Waals surface area contributed by atoms with E-state index >= 15 is 0 Å². The van der Waals surface area contributed by atoms with E-state index in [4.69, 9.17) is 4.74 Å². The maximum atomic E-state index is 11.7. The van der Waals surface area contributed by atoms with Gasteiger partial charge in [-0.3, -0.25) is 0 Å². The molecular formula is C14H19NO2. The van der Waals surface area contributed by atoms with Gasteiger partial charge in [-0.2, -0.15) is 0 Å². The average Bonchev–Trinajstić information content (AvgIpc) is 3.15. The lowest BCUT2D eigenvalue weighted by Crippen LogP contribution is -2.31. The predicted octanol–water partition coefficient (Wildman–Crippen LogP) is 2.21. The molecule has 1 aliphatic rings. The molecule has 0 saturated heterocycles. The molecule has 3 nitrogen and oxygen atoms in total. The summed E-state index contributed by atoms with van der Waals surface area (Å²) in [7, 11) is 1.43. The fourth-order valence-corrected chi connectivity index (χ4v) is 1.82. The van der Waals surface area contributed by atoms with E-state index in [2.05, 4.69) is 5.32 Å². The summed E-state index contributed by atoms with van der Waals surface area (Å²) in [6.07, 6.45) is 2.55. The van der Waals surface area contributed by atoms with Crippen LogP contribution in [0.2, 0.25) is 0 Å². The molecule has 1 aromatic carbocycles. The first-order valence-electron chi connectivity index (χ1n) is 6.08. The van der Waals surface area contributed by atoms with E-state index < -0.39 is 0 Å². The van der Waals surface area contributed by atoms with Gasteiger partial charge in [0.15, 0.2) is 0 Å². The van der Waals surface area contributed by atoms with Gasteiger partial charge >= 0.3 is 5.97 Å². The zero-order valence-electron chi connectivity index (χ0n) is 10.4. The molecule has 1 N–H and O–H groups in total. The molecule has 3 heteroatoms. The fourth-order valence-electron chi connectivity index (χ4n) is 1.82. The van der Waals surface area contributed by atoms with Gasteiger partial charge < -0.3 is 10.1 Å². The lowest BCUT2D eigenvalue weighted by atomic mass is 10.1. The second-order valence-corrected chi connectivity index (χ2v) is 4.72. The largest absolute Gasteiger partial charge is 0.468 e. The van der Waals surface area contributed by atoms with E-state index in [9.17, 15) is 4.79 Å². The number of hydrogen-bond acceptors (Lipinski definition) is 3. The number of hydrogen-bond donors (Lipinski definition) is 1. The van der Waals surface area contributed by atoms with E-state index in [1.807, 2.05) is 31.2 Å². The summed E-state index contributed by atoms with van der Waals surface area (Å²) in [4.78, 5) is 11.7. The van der Waals surface area contributed by atoms with Crippen molar-refractivity contribution < 1.29 is 9.53 Å². The fraction of sp³-hybridized carbons (Fsp3) is 0.500. The highest BCUT2D eigenvalue weighted by atomic mass is 16.5. The Bertz CT molecular complexity index is 382. The third-order valence-electron chi connectivity index (χ3n) is 3.16. The number of nitrogens with one attached hydrogen (secondary N) is 1. The molecule has 1 aliphatic carbocycles. The van der Waals surface area contributed by atoms with Crippen molar-refractivity contribution >= 4 is 5.97 Å². The van der Waals surface area contributed by atoms with Gasteiger partial charge in [0.1, 0.15) is 6.04 Å². The van der Waals surface area contributed by atoms with Gasteiger partial charge in [-0.15, -0.1) is 0 Å². The molecule has 17 heavy (non-hydrogen) atoms. The summed E-state index contributed by atoms with van der Waals surface area (Å²) < 4.78 is 4.85. The second kappa shape index (κ2) is 5.32. The minimum Gasteiger partial charge on any atom is -0.468 e. The van der Waals surface area contributed by atoms with Crippen LogP contribution in [0.4, 0.5) is 0 Å². The van der Waals surface area contributed by atoms with Crippen molar-refractivity contribution in [3.8, 4) is 0 Å². The molecule has 1 fully saturated rings. The number of esters is 1. The van der Waals surface area contributed by atoms with Gasteiger partial charge in [-0.05, 0) is 37.8 Å². The Hall–Kier alpha value is -1.35. The van der Waals surface area contributed by atoms with Gasteiger partial charge in [-0.25, -0.2) is 4.79 Å². The summed E-state index contributed by atoms with van der Waals surface area (Å²) in [5.41, 5.74) is 2.17. The zero-order chi connectivity index (χ0) is 12.3. The molecule has 92 valence electrons. The Morgan fingerprint density at radius 1 is 1.41 bits per heavy atom. The normalized spacial score (nSPS) is 16.6. The van der Waals surface area contributed by atoms with Crippen LogP contribution in [-0.4, -0.2) is 19.6 Å². The first-order chi connectivity index (χ1) is 8.20. The summed E-state index contributed by atoms with van der Waals surface area (Å²) in [6.45, 7) is 2.93.